The summed E-state index contributed by atoms with van der Waals surface area (Å²) >= 11 is 0. The molecule has 0 saturated heterocycles. The van der Waals surface area contributed by atoms with Gasteiger partial charge in [-0.05, 0) is 0 Å². The molecule has 1 aromatic rings. The van der Waals surface area contributed by atoms with Gasteiger partial charge >= 0.3 is 0 Å². The Bertz CT molecular complexity index is 193. The summed E-state index contributed by atoms with van der Waals surface area (Å²) in [5.41, 5.74) is 6.74. The molecule has 1 atom stereocenters. The van der Waals surface area contributed by atoms with Crippen LogP contribution in [0, 0.1) is 5.41 Å². The highest BCUT2D eigenvalue weighted by molar-refractivity contribution is 7.33. The van der Waals surface area contributed by atoms with Crippen LogP contribution in [-0.4, -0.2) is 11.2 Å². The van der Waals surface area contributed by atoms with Gasteiger partial charge in [-0.1, -0.05) is 8.19 Å². The van der Waals surface area contributed by atoms with E-state index in [1.165, 1.54) is 6.21 Å². The first-order chi connectivity index (χ1) is 3.84. The molecule has 0 spiro atoms. The highest BCUT2D eigenvalue weighted by atomic mass is 31.0. The highest BCUT2D eigenvalue weighted by Crippen LogP contribution is 2.18. The van der Waals surface area contributed by atoms with Gasteiger partial charge in [-0.25, -0.2) is 4.98 Å². The van der Waals surface area contributed by atoms with Gasteiger partial charge in [0.1, 0.15) is 5.69 Å². The summed E-state index contributed by atoms with van der Waals surface area (Å²) in [5.74, 6) is 1.73. The van der Waals surface area contributed by atoms with E-state index < -0.39 is 0 Å². The number of rotatable bonds is 1. The van der Waals surface area contributed by atoms with Crippen LogP contribution in [0.25, 0.3) is 0 Å². The summed E-state index contributed by atoms with van der Waals surface area (Å²) in [4.78, 5) is 3.83. The van der Waals surface area contributed by atoms with Gasteiger partial charge in [0.2, 0.25) is 0 Å². The normalized spacial score (nSPS) is 10.0. The predicted octanol–water partition coefficient (Wildman–Crippen LogP) is 0.693. The van der Waals surface area contributed by atoms with E-state index in [1.54, 1.807) is 5.93 Å². The van der Waals surface area contributed by atoms with Gasteiger partial charge in [-0.15, -0.1) is 0 Å². The number of hydrogen-bond donors (Lipinski definition) is 2. The molecule has 42 valence electrons. The second-order valence-electron chi connectivity index (χ2n) is 1.35. The maximum atomic E-state index is 6.76. The zero-order chi connectivity index (χ0) is 5.98. The lowest BCUT2D eigenvalue weighted by Gasteiger charge is -1.81. The maximum absolute atomic E-state index is 6.76. The second-order valence-corrected chi connectivity index (χ2v) is 2.43. The predicted molar refractivity (Wildman–Crippen MR) is 36.0 cm³/mol. The van der Waals surface area contributed by atoms with Crippen molar-refractivity contribution in [3.05, 3.63) is 11.6 Å². The van der Waals surface area contributed by atoms with Gasteiger partial charge in [-0.3, -0.25) is 0 Å². The quantitative estimate of drug-likeness (QED) is 0.545. The third-order valence-electron chi connectivity index (χ3n) is 0.836. The smallest absolute Gasteiger partial charge is 0.108 e. The molecule has 0 fully saturated rings. The lowest BCUT2D eigenvalue weighted by atomic mass is 10.5. The van der Waals surface area contributed by atoms with E-state index in [0.717, 1.165) is 5.42 Å². The Labute approximate surface area is 48.5 Å². The van der Waals surface area contributed by atoms with Crippen LogP contribution in [-0.2, 0) is 0 Å². The maximum Gasteiger partial charge on any atom is 0.108 e. The van der Waals surface area contributed by atoms with E-state index in [9.17, 15) is 0 Å². The van der Waals surface area contributed by atoms with Crippen molar-refractivity contribution in [2.24, 2.45) is 0 Å². The number of nitrogen functional groups attached to an aromatic ring is 1. The zero-order valence-corrected chi connectivity index (χ0v) is 5.18. The summed E-state index contributed by atoms with van der Waals surface area (Å²) < 4.78 is 0. The SMILES string of the molecule is N=Cc1nc[pH]c1N. The molecule has 0 aliphatic rings. The van der Waals surface area contributed by atoms with Crippen LogP contribution in [0.4, 0.5) is 5.42 Å². The molecule has 0 radical (unpaired) electrons. The molecule has 1 unspecified atom stereocenters. The Hall–Kier alpha value is -0.820. The van der Waals surface area contributed by atoms with E-state index in [0.29, 0.717) is 13.9 Å². The summed E-state index contributed by atoms with van der Waals surface area (Å²) in [5, 5.41) is 6.76. The number of anilines is 1. The molecule has 0 aliphatic heterocycles. The van der Waals surface area contributed by atoms with Crippen molar-refractivity contribution < 1.29 is 0 Å². The van der Waals surface area contributed by atoms with Crippen molar-refractivity contribution in [3.63, 3.8) is 0 Å². The molecule has 3 nitrogen and oxygen atoms in total. The molecular formula is C4H6N3P. The van der Waals surface area contributed by atoms with Crippen molar-refractivity contribution in [3.8, 4) is 0 Å². The van der Waals surface area contributed by atoms with E-state index >= 15 is 0 Å². The van der Waals surface area contributed by atoms with E-state index in [-0.39, 0.29) is 0 Å². The molecular weight excluding hydrogens is 121 g/mol. The molecule has 0 saturated carbocycles. The number of nitrogens with zero attached hydrogens (tertiary/aromatic N) is 1. The Morgan fingerprint density at radius 1 is 1.88 bits per heavy atom. The third kappa shape index (κ3) is 0.724. The minimum atomic E-state index is 0.484. The highest BCUT2D eigenvalue weighted by Gasteiger charge is 1.92. The largest absolute Gasteiger partial charge is 0.394 e. The summed E-state index contributed by atoms with van der Waals surface area (Å²) in [6, 6.07) is 0. The molecule has 8 heavy (non-hydrogen) atoms. The lowest BCUT2D eigenvalue weighted by Crippen LogP contribution is -1.86. The Balaban J connectivity index is 3.09. The Kier molecular flexibility index (Phi) is 1.31. The van der Waals surface area contributed by atoms with Gasteiger partial charge in [0.05, 0.1) is 5.42 Å². The van der Waals surface area contributed by atoms with Crippen LogP contribution < -0.4 is 5.73 Å². The van der Waals surface area contributed by atoms with Gasteiger partial charge in [0.15, 0.2) is 0 Å². The Morgan fingerprint density at radius 3 is 2.88 bits per heavy atom. The van der Waals surface area contributed by atoms with Gasteiger partial charge in [-0.2, -0.15) is 0 Å². The fourth-order valence-electron chi connectivity index (χ4n) is 0.430. The number of nitrogens with two attached hydrogens (primary N) is 1. The van der Waals surface area contributed by atoms with Gasteiger partial charge in [0, 0.05) is 12.1 Å². The average Bonchev–Trinajstić information content (AvgIpc) is 2.14. The minimum absolute atomic E-state index is 0.484. The second kappa shape index (κ2) is 1.97. The molecule has 3 N–H and O–H groups in total. The topological polar surface area (TPSA) is 62.8 Å². The van der Waals surface area contributed by atoms with Crippen molar-refractivity contribution in [1.82, 2.24) is 4.98 Å². The molecule has 0 aliphatic carbocycles. The standard InChI is InChI=1S/C4H6N3P/c5-1-3-4(6)8-2-7-3/h1-2,5,8H,6H2. The molecule has 4 heteroatoms. The minimum Gasteiger partial charge on any atom is -0.394 e. The fourth-order valence-corrected chi connectivity index (χ4v) is 1.06. The summed E-state index contributed by atoms with van der Waals surface area (Å²) in [6.07, 6.45) is 1.17. The zero-order valence-electron chi connectivity index (χ0n) is 4.18. The van der Waals surface area contributed by atoms with Crippen LogP contribution in [0.1, 0.15) is 5.69 Å². The first-order valence-corrected chi connectivity index (χ1v) is 3.21. The molecule has 0 bridgehead atoms. The number of aromatic nitrogens is 1. The Morgan fingerprint density at radius 2 is 2.62 bits per heavy atom. The molecule has 1 heterocycles. The van der Waals surface area contributed by atoms with Crippen LogP contribution in [0.2, 0.25) is 0 Å². The van der Waals surface area contributed by atoms with Crippen molar-refractivity contribution in [1.29, 1.82) is 5.41 Å². The monoisotopic (exact) mass is 127 g/mol. The van der Waals surface area contributed by atoms with Crippen LogP contribution in [0.3, 0.4) is 0 Å². The molecule has 1 aromatic heterocycles. The molecule has 0 aromatic carbocycles. The first-order valence-electron chi connectivity index (χ1n) is 2.14. The van der Waals surface area contributed by atoms with Gasteiger partial charge in [0.25, 0.3) is 0 Å². The summed E-state index contributed by atoms with van der Waals surface area (Å²) in [6.45, 7) is 0. The number of hydrogen-bond acceptors (Lipinski definition) is 3. The molecule has 0 amide bonds. The van der Waals surface area contributed by atoms with E-state index in [2.05, 4.69) is 4.98 Å². The lowest BCUT2D eigenvalue weighted by molar-refractivity contribution is 1.38. The van der Waals surface area contributed by atoms with Crippen molar-refractivity contribution in [2.75, 3.05) is 5.73 Å². The third-order valence-corrected chi connectivity index (χ3v) is 1.66. The average molecular weight is 127 g/mol. The van der Waals surface area contributed by atoms with Gasteiger partial charge < -0.3 is 11.1 Å². The number of nitrogens with one attached hydrogen (secondary N) is 1. The van der Waals surface area contributed by atoms with Crippen molar-refractivity contribution >= 4 is 19.8 Å². The summed E-state index contributed by atoms with van der Waals surface area (Å²) in [7, 11) is 0.484. The first kappa shape index (κ1) is 5.32. The fraction of sp³-hybridized carbons (Fsp3) is 0. The van der Waals surface area contributed by atoms with Crippen LogP contribution >= 0.6 is 8.19 Å². The van der Waals surface area contributed by atoms with Crippen LogP contribution in [0.15, 0.2) is 5.93 Å². The molecule has 1 rings (SSSR count). The van der Waals surface area contributed by atoms with Crippen molar-refractivity contribution in [2.45, 2.75) is 0 Å². The van der Waals surface area contributed by atoms with E-state index in [4.69, 9.17) is 11.1 Å². The van der Waals surface area contributed by atoms with E-state index in [1.807, 2.05) is 0 Å². The van der Waals surface area contributed by atoms with Crippen LogP contribution in [0.5, 0.6) is 0 Å².